The molecule has 2 aromatic carbocycles. The Hall–Kier alpha value is -3.55. The summed E-state index contributed by atoms with van der Waals surface area (Å²) in [4.78, 5) is 8.65. The van der Waals surface area contributed by atoms with Gasteiger partial charge in [0.1, 0.15) is 24.5 Å². The quantitative estimate of drug-likeness (QED) is 0.528. The summed E-state index contributed by atoms with van der Waals surface area (Å²) >= 11 is 0. The number of halogens is 2. The van der Waals surface area contributed by atoms with E-state index in [1.165, 1.54) is 12.4 Å². The number of benzene rings is 2. The summed E-state index contributed by atoms with van der Waals surface area (Å²) in [6.07, 6.45) is 1.43. The van der Waals surface area contributed by atoms with Crippen LogP contribution in [0.3, 0.4) is 0 Å². The van der Waals surface area contributed by atoms with Crippen LogP contribution in [0.4, 0.5) is 14.6 Å². The summed E-state index contributed by atoms with van der Waals surface area (Å²) in [6.45, 7) is 0.677. The Morgan fingerprint density at radius 3 is 2.67 bits per heavy atom. The topological polar surface area (TPSA) is 64.3 Å². The summed E-state index contributed by atoms with van der Waals surface area (Å²) in [6, 6.07) is 15.0. The van der Waals surface area contributed by atoms with Gasteiger partial charge in [0.05, 0.1) is 12.2 Å². The van der Waals surface area contributed by atoms with Crippen LogP contribution in [0.2, 0.25) is 0 Å². The molecular weight excluding hydrogens is 352 g/mol. The molecule has 2 aromatic heterocycles. The second-order valence-corrected chi connectivity index (χ2v) is 5.72. The van der Waals surface area contributed by atoms with Crippen molar-refractivity contribution in [3.8, 4) is 17.0 Å². The van der Waals surface area contributed by atoms with Gasteiger partial charge in [-0.1, -0.05) is 30.3 Å². The van der Waals surface area contributed by atoms with Gasteiger partial charge in [-0.15, -0.1) is 0 Å². The van der Waals surface area contributed by atoms with Gasteiger partial charge in [0, 0.05) is 17.7 Å². The number of fused-ring (bicyclic) bond motifs is 1. The smallest absolute Gasteiger partial charge is 0.254 e. The van der Waals surface area contributed by atoms with Crippen molar-refractivity contribution in [3.63, 3.8) is 0 Å². The lowest BCUT2D eigenvalue weighted by atomic mass is 10.1. The highest BCUT2D eigenvalue weighted by Gasteiger charge is 2.09. The molecular formula is C19H15F2N5O. The second-order valence-electron chi connectivity index (χ2n) is 5.72. The first-order chi connectivity index (χ1) is 13.2. The molecule has 136 valence electrons. The van der Waals surface area contributed by atoms with Crippen LogP contribution in [0.25, 0.3) is 17.0 Å². The minimum atomic E-state index is -0.939. The highest BCUT2D eigenvalue weighted by Crippen LogP contribution is 2.21. The second kappa shape index (κ2) is 7.36. The molecule has 0 aliphatic rings. The molecule has 0 bridgehead atoms. The number of anilines is 1. The van der Waals surface area contributed by atoms with Gasteiger partial charge in [0.25, 0.3) is 5.78 Å². The molecule has 2 heterocycles. The summed E-state index contributed by atoms with van der Waals surface area (Å²) in [5, 5.41) is 7.37. The van der Waals surface area contributed by atoms with Crippen LogP contribution in [0, 0.1) is 11.6 Å². The number of hydrogen-bond donors (Lipinski definition) is 1. The van der Waals surface area contributed by atoms with Gasteiger partial charge in [0.15, 0.2) is 11.6 Å². The van der Waals surface area contributed by atoms with E-state index in [4.69, 9.17) is 4.74 Å². The van der Waals surface area contributed by atoms with Crippen molar-refractivity contribution >= 4 is 11.6 Å². The first-order valence-electron chi connectivity index (χ1n) is 8.28. The first kappa shape index (κ1) is 16.9. The van der Waals surface area contributed by atoms with Gasteiger partial charge in [-0.25, -0.2) is 13.8 Å². The number of ether oxygens (including phenoxy) is 1. The zero-order chi connectivity index (χ0) is 18.6. The lowest BCUT2D eigenvalue weighted by molar-refractivity contribution is 0.329. The Morgan fingerprint density at radius 2 is 1.85 bits per heavy atom. The van der Waals surface area contributed by atoms with Crippen LogP contribution < -0.4 is 10.1 Å². The molecule has 4 rings (SSSR count). The highest BCUT2D eigenvalue weighted by molar-refractivity contribution is 5.65. The minimum Gasteiger partial charge on any atom is -0.492 e. The third-order valence-corrected chi connectivity index (χ3v) is 3.89. The Morgan fingerprint density at radius 1 is 1.00 bits per heavy atom. The van der Waals surface area contributed by atoms with E-state index in [1.54, 1.807) is 4.52 Å². The number of nitrogens with one attached hydrogen (secondary N) is 1. The molecule has 0 unspecified atom stereocenters. The fourth-order valence-corrected chi connectivity index (χ4v) is 2.61. The van der Waals surface area contributed by atoms with Crippen LogP contribution in [-0.4, -0.2) is 32.7 Å². The van der Waals surface area contributed by atoms with E-state index in [1.807, 2.05) is 36.4 Å². The fraction of sp³-hybridized carbons (Fsp3) is 0.105. The van der Waals surface area contributed by atoms with Crippen molar-refractivity contribution in [2.24, 2.45) is 0 Å². The normalized spacial score (nSPS) is 10.9. The van der Waals surface area contributed by atoms with E-state index in [2.05, 4.69) is 20.4 Å². The molecule has 0 saturated heterocycles. The molecule has 0 spiro atoms. The molecule has 6 nitrogen and oxygen atoms in total. The van der Waals surface area contributed by atoms with Crippen molar-refractivity contribution < 1.29 is 13.5 Å². The molecule has 0 aliphatic heterocycles. The average molecular weight is 367 g/mol. The molecule has 8 heteroatoms. The lowest BCUT2D eigenvalue weighted by Gasteiger charge is -2.11. The van der Waals surface area contributed by atoms with Crippen LogP contribution >= 0.6 is 0 Å². The van der Waals surface area contributed by atoms with Gasteiger partial charge < -0.3 is 10.1 Å². The maximum absolute atomic E-state index is 13.2. The predicted octanol–water partition coefficient (Wildman–Crippen LogP) is 3.56. The van der Waals surface area contributed by atoms with E-state index in [9.17, 15) is 8.78 Å². The van der Waals surface area contributed by atoms with E-state index >= 15 is 0 Å². The molecule has 27 heavy (non-hydrogen) atoms. The number of nitrogens with zero attached hydrogens (tertiary/aromatic N) is 4. The fourth-order valence-electron chi connectivity index (χ4n) is 2.61. The Labute approximate surface area is 153 Å². The summed E-state index contributed by atoms with van der Waals surface area (Å²) in [7, 11) is 0. The third kappa shape index (κ3) is 3.69. The zero-order valence-corrected chi connectivity index (χ0v) is 14.1. The monoisotopic (exact) mass is 367 g/mol. The summed E-state index contributed by atoms with van der Waals surface area (Å²) in [5.74, 6) is -0.405. The Bertz CT molecular complexity index is 1070. The van der Waals surface area contributed by atoms with Crippen LogP contribution in [0.5, 0.6) is 5.75 Å². The van der Waals surface area contributed by atoms with Crippen molar-refractivity contribution in [2.75, 3.05) is 18.5 Å². The molecule has 4 aromatic rings. The van der Waals surface area contributed by atoms with Gasteiger partial charge in [-0.05, 0) is 12.1 Å². The molecule has 0 fully saturated rings. The number of aromatic nitrogens is 4. The maximum atomic E-state index is 13.2. The van der Waals surface area contributed by atoms with E-state index in [-0.39, 0.29) is 12.4 Å². The highest BCUT2D eigenvalue weighted by atomic mass is 19.2. The van der Waals surface area contributed by atoms with Crippen molar-refractivity contribution in [3.05, 3.63) is 72.6 Å². The summed E-state index contributed by atoms with van der Waals surface area (Å²) < 4.78 is 33.2. The van der Waals surface area contributed by atoms with E-state index in [0.29, 0.717) is 18.1 Å². The number of hydrogen-bond acceptors (Lipinski definition) is 5. The largest absolute Gasteiger partial charge is 0.492 e. The van der Waals surface area contributed by atoms with Crippen LogP contribution in [0.15, 0.2) is 60.9 Å². The van der Waals surface area contributed by atoms with E-state index < -0.39 is 11.6 Å². The minimum absolute atomic E-state index is 0.254. The SMILES string of the molecule is Fc1ccc(OCCNc2cc(-c3ccccc3)nc3ncnn23)cc1F. The van der Waals surface area contributed by atoms with Crippen molar-refractivity contribution in [1.82, 2.24) is 19.6 Å². The molecule has 1 N–H and O–H groups in total. The van der Waals surface area contributed by atoms with Crippen molar-refractivity contribution in [2.45, 2.75) is 0 Å². The van der Waals surface area contributed by atoms with Crippen molar-refractivity contribution in [1.29, 1.82) is 0 Å². The van der Waals surface area contributed by atoms with Crippen LogP contribution in [-0.2, 0) is 0 Å². The zero-order valence-electron chi connectivity index (χ0n) is 14.1. The lowest BCUT2D eigenvalue weighted by Crippen LogP contribution is -2.14. The van der Waals surface area contributed by atoms with Gasteiger partial charge in [0.2, 0.25) is 0 Å². The predicted molar refractivity (Wildman–Crippen MR) is 96.6 cm³/mol. The van der Waals surface area contributed by atoms with Crippen LogP contribution in [0.1, 0.15) is 0 Å². The molecule has 0 amide bonds. The molecule has 0 atom stereocenters. The van der Waals surface area contributed by atoms with Gasteiger partial charge >= 0.3 is 0 Å². The number of rotatable bonds is 6. The Kier molecular flexibility index (Phi) is 4.61. The molecule has 0 radical (unpaired) electrons. The molecule has 0 aliphatic carbocycles. The van der Waals surface area contributed by atoms with Gasteiger partial charge in [-0.3, -0.25) is 0 Å². The third-order valence-electron chi connectivity index (χ3n) is 3.89. The standard InChI is InChI=1S/C19H15F2N5O/c20-15-7-6-14(10-16(15)21)27-9-8-22-18-11-17(13-4-2-1-3-5-13)25-19-23-12-24-26(18)19/h1-7,10-12,22H,8-9H2. The summed E-state index contributed by atoms with van der Waals surface area (Å²) in [5.41, 5.74) is 1.73. The maximum Gasteiger partial charge on any atom is 0.254 e. The Balaban J connectivity index is 1.48. The van der Waals surface area contributed by atoms with Gasteiger partial charge in [-0.2, -0.15) is 14.6 Å². The first-order valence-corrected chi connectivity index (χ1v) is 8.28. The van der Waals surface area contributed by atoms with E-state index in [0.717, 1.165) is 23.4 Å². The average Bonchev–Trinajstić information content (AvgIpc) is 3.17. The molecule has 0 saturated carbocycles.